The van der Waals surface area contributed by atoms with Crippen molar-refractivity contribution in [2.45, 2.75) is 0 Å². The molecule has 13 heavy (non-hydrogen) atoms. The van der Waals surface area contributed by atoms with Crippen LogP contribution in [0.2, 0.25) is 5.02 Å². The number of aliphatic hydroxyl groups is 1. The van der Waals surface area contributed by atoms with Gasteiger partial charge in [0.1, 0.15) is 5.75 Å². The van der Waals surface area contributed by atoms with Gasteiger partial charge in [0.05, 0.1) is 12.3 Å². The van der Waals surface area contributed by atoms with Gasteiger partial charge in [-0.3, -0.25) is 0 Å². The van der Waals surface area contributed by atoms with Gasteiger partial charge in [0, 0.05) is 10.6 Å². The largest absolute Gasteiger partial charge is 0.505 e. The molecule has 0 aromatic heterocycles. The van der Waals surface area contributed by atoms with Gasteiger partial charge >= 0.3 is 0 Å². The minimum Gasteiger partial charge on any atom is -0.505 e. The van der Waals surface area contributed by atoms with E-state index in [0.29, 0.717) is 10.6 Å². The molecule has 0 saturated carbocycles. The summed E-state index contributed by atoms with van der Waals surface area (Å²) in [5.74, 6) is -0.0194. The van der Waals surface area contributed by atoms with Gasteiger partial charge in [-0.1, -0.05) is 23.8 Å². The van der Waals surface area contributed by atoms with E-state index in [2.05, 4.69) is 0 Å². The number of phenols is 1. The second kappa shape index (κ2) is 4.16. The van der Waals surface area contributed by atoms with Gasteiger partial charge in [-0.05, 0) is 12.1 Å². The number of anilines is 1. The highest BCUT2D eigenvalue weighted by Gasteiger charge is 2.03. The summed E-state index contributed by atoms with van der Waals surface area (Å²) >= 11 is 5.71. The number of rotatable bonds is 2. The number of nitrogen functional groups attached to an aromatic ring is 1. The third kappa shape index (κ3) is 2.37. The minimum absolute atomic E-state index is 0.0194. The summed E-state index contributed by atoms with van der Waals surface area (Å²) in [5, 5.41) is 18.4. The Bertz CT molecular complexity index is 337. The van der Waals surface area contributed by atoms with Crippen LogP contribution >= 0.6 is 11.6 Å². The molecular weight excluding hydrogens is 190 g/mol. The molecule has 1 aromatic carbocycles. The molecule has 0 spiro atoms. The van der Waals surface area contributed by atoms with Crippen LogP contribution in [0.4, 0.5) is 5.69 Å². The molecule has 0 aliphatic rings. The van der Waals surface area contributed by atoms with Crippen LogP contribution in [0.3, 0.4) is 0 Å². The maximum Gasteiger partial charge on any atom is 0.145 e. The van der Waals surface area contributed by atoms with Crippen molar-refractivity contribution in [1.82, 2.24) is 0 Å². The molecule has 0 aliphatic carbocycles. The molecule has 0 radical (unpaired) electrons. The molecule has 4 N–H and O–H groups in total. The molecule has 1 rings (SSSR count). The number of hydrogen-bond donors (Lipinski definition) is 3. The lowest BCUT2D eigenvalue weighted by Gasteiger charge is -2.03. The second-order valence-corrected chi connectivity index (χ2v) is 2.95. The van der Waals surface area contributed by atoms with Crippen LogP contribution in [0.15, 0.2) is 18.2 Å². The molecule has 0 saturated heterocycles. The van der Waals surface area contributed by atoms with E-state index in [-0.39, 0.29) is 18.0 Å². The van der Waals surface area contributed by atoms with E-state index < -0.39 is 0 Å². The molecule has 0 amide bonds. The first-order chi connectivity index (χ1) is 6.15. The molecule has 0 fully saturated rings. The summed E-state index contributed by atoms with van der Waals surface area (Å²) in [6, 6.07) is 3.03. The van der Waals surface area contributed by atoms with Crippen molar-refractivity contribution in [3.63, 3.8) is 0 Å². The van der Waals surface area contributed by atoms with Crippen molar-refractivity contribution in [3.05, 3.63) is 28.8 Å². The van der Waals surface area contributed by atoms with Crippen LogP contribution < -0.4 is 5.73 Å². The monoisotopic (exact) mass is 199 g/mol. The fourth-order valence-electron chi connectivity index (χ4n) is 0.949. The van der Waals surface area contributed by atoms with Gasteiger partial charge in [-0.15, -0.1) is 0 Å². The minimum atomic E-state index is -0.0914. The van der Waals surface area contributed by atoms with Gasteiger partial charge in [0.15, 0.2) is 0 Å². The van der Waals surface area contributed by atoms with Crippen molar-refractivity contribution < 1.29 is 10.2 Å². The number of benzene rings is 1. The summed E-state index contributed by atoms with van der Waals surface area (Å²) in [5.41, 5.74) is 6.19. The van der Waals surface area contributed by atoms with Gasteiger partial charge in [-0.2, -0.15) is 0 Å². The highest BCUT2D eigenvalue weighted by molar-refractivity contribution is 6.31. The molecule has 70 valence electrons. The Labute approximate surface area is 81.1 Å². The predicted molar refractivity (Wildman–Crippen MR) is 53.6 cm³/mol. The molecule has 0 aliphatic heterocycles. The SMILES string of the molecule is Nc1cc(Cl)cc(C=CCO)c1O. The topological polar surface area (TPSA) is 66.5 Å². The van der Waals surface area contributed by atoms with Crippen LogP contribution in [0, 0.1) is 0 Å². The zero-order valence-electron chi connectivity index (χ0n) is 6.87. The van der Waals surface area contributed by atoms with Crippen molar-refractivity contribution in [2.75, 3.05) is 12.3 Å². The van der Waals surface area contributed by atoms with E-state index in [9.17, 15) is 5.11 Å². The highest BCUT2D eigenvalue weighted by atomic mass is 35.5. The third-order valence-electron chi connectivity index (χ3n) is 1.54. The Balaban J connectivity index is 3.12. The van der Waals surface area contributed by atoms with E-state index in [0.717, 1.165) is 0 Å². The van der Waals surface area contributed by atoms with Gasteiger partial charge < -0.3 is 15.9 Å². The summed E-state index contributed by atoms with van der Waals surface area (Å²) in [6.45, 7) is -0.0914. The van der Waals surface area contributed by atoms with Gasteiger partial charge in [0.2, 0.25) is 0 Å². The van der Waals surface area contributed by atoms with E-state index >= 15 is 0 Å². The standard InChI is InChI=1S/C9H10ClNO2/c10-7-4-6(2-1-3-12)9(13)8(11)5-7/h1-2,4-5,12-13H,3,11H2. The van der Waals surface area contributed by atoms with E-state index in [1.165, 1.54) is 12.1 Å². The molecule has 1 aromatic rings. The van der Waals surface area contributed by atoms with Crippen LogP contribution in [-0.2, 0) is 0 Å². The van der Waals surface area contributed by atoms with Crippen LogP contribution in [0.5, 0.6) is 5.75 Å². The van der Waals surface area contributed by atoms with Crippen LogP contribution in [0.25, 0.3) is 6.08 Å². The molecule has 4 heteroatoms. The Morgan fingerprint density at radius 1 is 1.46 bits per heavy atom. The molecule has 0 bridgehead atoms. The zero-order valence-corrected chi connectivity index (χ0v) is 7.62. The van der Waals surface area contributed by atoms with Crippen molar-refractivity contribution in [2.24, 2.45) is 0 Å². The lowest BCUT2D eigenvalue weighted by molar-refractivity contribution is 0.343. The first-order valence-corrected chi connectivity index (χ1v) is 4.08. The Hall–Kier alpha value is -1.19. The summed E-state index contributed by atoms with van der Waals surface area (Å²) in [7, 11) is 0. The first-order valence-electron chi connectivity index (χ1n) is 3.70. The van der Waals surface area contributed by atoms with Crippen LogP contribution in [0.1, 0.15) is 5.56 Å². The number of halogens is 1. The van der Waals surface area contributed by atoms with E-state index in [4.69, 9.17) is 22.4 Å². The number of phenolic OH excluding ortho intramolecular Hbond substituents is 1. The van der Waals surface area contributed by atoms with Crippen molar-refractivity contribution in [1.29, 1.82) is 0 Å². The van der Waals surface area contributed by atoms with E-state index in [1.54, 1.807) is 12.1 Å². The maximum absolute atomic E-state index is 9.43. The molecular formula is C9H10ClNO2. The Morgan fingerprint density at radius 2 is 2.15 bits per heavy atom. The molecule has 3 nitrogen and oxygen atoms in total. The number of hydrogen-bond acceptors (Lipinski definition) is 3. The Morgan fingerprint density at radius 3 is 2.77 bits per heavy atom. The summed E-state index contributed by atoms with van der Waals surface area (Å²) < 4.78 is 0. The first kappa shape index (κ1) is 9.89. The number of nitrogens with two attached hydrogens (primary N) is 1. The normalized spacial score (nSPS) is 10.9. The lowest BCUT2D eigenvalue weighted by atomic mass is 10.1. The molecule has 0 unspecified atom stereocenters. The average molecular weight is 200 g/mol. The maximum atomic E-state index is 9.43. The highest BCUT2D eigenvalue weighted by Crippen LogP contribution is 2.29. The average Bonchev–Trinajstić information content (AvgIpc) is 2.09. The lowest BCUT2D eigenvalue weighted by Crippen LogP contribution is -1.88. The Kier molecular flexibility index (Phi) is 3.17. The molecule has 0 heterocycles. The van der Waals surface area contributed by atoms with Gasteiger partial charge in [0.25, 0.3) is 0 Å². The smallest absolute Gasteiger partial charge is 0.145 e. The second-order valence-electron chi connectivity index (χ2n) is 2.52. The van der Waals surface area contributed by atoms with E-state index in [1.807, 2.05) is 0 Å². The predicted octanol–water partition coefficient (Wildman–Crippen LogP) is 1.63. The van der Waals surface area contributed by atoms with Crippen LogP contribution in [-0.4, -0.2) is 16.8 Å². The number of aliphatic hydroxyl groups excluding tert-OH is 1. The fourth-order valence-corrected chi connectivity index (χ4v) is 1.18. The molecule has 0 atom stereocenters. The summed E-state index contributed by atoms with van der Waals surface area (Å²) in [4.78, 5) is 0. The fraction of sp³-hybridized carbons (Fsp3) is 0.111. The van der Waals surface area contributed by atoms with Crippen molar-refractivity contribution >= 4 is 23.4 Å². The number of aromatic hydroxyl groups is 1. The summed E-state index contributed by atoms with van der Waals surface area (Å²) in [6.07, 6.45) is 3.04. The van der Waals surface area contributed by atoms with Gasteiger partial charge in [-0.25, -0.2) is 0 Å². The quantitative estimate of drug-likeness (QED) is 0.501. The zero-order chi connectivity index (χ0) is 9.84. The third-order valence-corrected chi connectivity index (χ3v) is 1.75. The van der Waals surface area contributed by atoms with Crippen molar-refractivity contribution in [3.8, 4) is 5.75 Å².